The van der Waals surface area contributed by atoms with Crippen molar-refractivity contribution in [3.8, 4) is 0 Å². The van der Waals surface area contributed by atoms with E-state index in [2.05, 4.69) is 57.8 Å². The highest BCUT2D eigenvalue weighted by Crippen LogP contribution is 2.18. The molecule has 1 unspecified atom stereocenters. The minimum absolute atomic E-state index is 0.477. The molecule has 2 aliphatic rings. The molecule has 0 saturated carbocycles. The van der Waals surface area contributed by atoms with Crippen LogP contribution in [0.4, 0.5) is 0 Å². The van der Waals surface area contributed by atoms with Crippen LogP contribution in [0.15, 0.2) is 29.3 Å². The molecule has 6 nitrogen and oxygen atoms in total. The number of rotatable bonds is 14. The van der Waals surface area contributed by atoms with Crippen LogP contribution in [0.3, 0.4) is 0 Å². The summed E-state index contributed by atoms with van der Waals surface area (Å²) in [4.78, 5) is 11.3. The Morgan fingerprint density at radius 3 is 2.53 bits per heavy atom. The first-order valence-electron chi connectivity index (χ1n) is 12.8. The van der Waals surface area contributed by atoms with Crippen molar-refractivity contribution in [1.29, 1.82) is 5.41 Å². The van der Waals surface area contributed by atoms with Gasteiger partial charge in [0.15, 0.2) is 11.9 Å². The van der Waals surface area contributed by atoms with Crippen LogP contribution in [-0.2, 0) is 6.42 Å². The van der Waals surface area contributed by atoms with E-state index in [1.807, 2.05) is 0 Å². The van der Waals surface area contributed by atoms with E-state index < -0.39 is 0 Å². The number of nitrogens with two attached hydrogens (primary N) is 1. The lowest BCUT2D eigenvalue weighted by Crippen LogP contribution is -2.41. The highest BCUT2D eigenvalue weighted by atomic mass is 15.4. The average molecular weight is 441 g/mol. The Hall–Kier alpha value is -2.24. The summed E-state index contributed by atoms with van der Waals surface area (Å²) in [6.45, 7) is 10.2. The molecule has 32 heavy (non-hydrogen) atoms. The number of aryl methyl sites for hydroxylation is 1. The smallest absolute Gasteiger partial charge is 0.193 e. The molecule has 0 spiro atoms. The number of nitrogens with one attached hydrogen (secondary N) is 1. The van der Waals surface area contributed by atoms with Gasteiger partial charge in [0.25, 0.3) is 0 Å². The summed E-state index contributed by atoms with van der Waals surface area (Å²) in [7, 11) is 0. The van der Waals surface area contributed by atoms with Crippen molar-refractivity contribution in [1.82, 2.24) is 14.7 Å². The maximum atomic E-state index is 8.56. The minimum Gasteiger partial charge on any atom is -0.370 e. The molecule has 0 radical (unpaired) electrons. The van der Waals surface area contributed by atoms with Gasteiger partial charge >= 0.3 is 0 Å². The standard InChI is InChI=1S/C26H44N6/c1-3-4-5-6-8-16-32-24(21-29-25(32)27)13-7-9-15-30-18-19-31(26(30)28)17-14-23-12-10-11-22(2)20-23/h10-12,20,24,28H,3-9,13-19,21H2,1-2H3,(H2,27,29). The van der Waals surface area contributed by atoms with Crippen LogP contribution < -0.4 is 5.73 Å². The topological polar surface area (TPSA) is 72.0 Å². The molecular formula is C26H44N6. The van der Waals surface area contributed by atoms with Crippen LogP contribution in [0.5, 0.6) is 0 Å². The van der Waals surface area contributed by atoms with E-state index in [0.29, 0.717) is 12.0 Å². The molecule has 6 heteroatoms. The van der Waals surface area contributed by atoms with Gasteiger partial charge in [-0.25, -0.2) is 0 Å². The van der Waals surface area contributed by atoms with Gasteiger partial charge in [-0.2, -0.15) is 0 Å². The van der Waals surface area contributed by atoms with Crippen LogP contribution in [0.25, 0.3) is 0 Å². The van der Waals surface area contributed by atoms with Crippen molar-refractivity contribution in [3.05, 3.63) is 35.4 Å². The summed E-state index contributed by atoms with van der Waals surface area (Å²) in [6, 6.07) is 9.19. The Labute approximate surface area is 195 Å². The predicted octanol–water partition coefficient (Wildman–Crippen LogP) is 4.23. The monoisotopic (exact) mass is 440 g/mol. The van der Waals surface area contributed by atoms with Crippen LogP contribution in [-0.4, -0.2) is 71.9 Å². The predicted molar refractivity (Wildman–Crippen MR) is 135 cm³/mol. The van der Waals surface area contributed by atoms with Gasteiger partial charge in [-0.1, -0.05) is 62.4 Å². The lowest BCUT2D eigenvalue weighted by molar-refractivity contribution is 0.304. The first-order valence-corrected chi connectivity index (χ1v) is 12.8. The number of benzene rings is 1. The van der Waals surface area contributed by atoms with Gasteiger partial charge in [0.2, 0.25) is 0 Å². The van der Waals surface area contributed by atoms with Crippen LogP contribution in [0.1, 0.15) is 69.4 Å². The van der Waals surface area contributed by atoms with Gasteiger partial charge in [0, 0.05) is 32.7 Å². The van der Waals surface area contributed by atoms with Gasteiger partial charge in [0.1, 0.15) is 0 Å². The Bertz CT molecular complexity index is 746. The normalized spacial score (nSPS) is 18.7. The second-order valence-electron chi connectivity index (χ2n) is 9.49. The second kappa shape index (κ2) is 12.7. The van der Waals surface area contributed by atoms with E-state index in [9.17, 15) is 0 Å². The molecule has 3 N–H and O–H groups in total. The molecule has 0 bridgehead atoms. The highest BCUT2D eigenvalue weighted by molar-refractivity contribution is 5.80. The zero-order valence-electron chi connectivity index (χ0n) is 20.4. The molecule has 1 atom stereocenters. The third kappa shape index (κ3) is 7.14. The zero-order chi connectivity index (χ0) is 22.8. The molecule has 0 amide bonds. The van der Waals surface area contributed by atoms with Gasteiger partial charge in [-0.05, 0) is 44.6 Å². The van der Waals surface area contributed by atoms with Crippen molar-refractivity contribution in [2.75, 3.05) is 39.3 Å². The van der Waals surface area contributed by atoms with E-state index in [-0.39, 0.29) is 0 Å². The van der Waals surface area contributed by atoms with Gasteiger partial charge in [-0.15, -0.1) is 0 Å². The molecule has 2 aliphatic heterocycles. The maximum Gasteiger partial charge on any atom is 0.193 e. The van der Waals surface area contributed by atoms with E-state index in [4.69, 9.17) is 11.1 Å². The summed E-state index contributed by atoms with van der Waals surface area (Å²) in [5, 5.41) is 8.56. The lowest BCUT2D eigenvalue weighted by Gasteiger charge is -2.27. The number of hydrogen-bond acceptors (Lipinski definition) is 4. The van der Waals surface area contributed by atoms with Crippen molar-refractivity contribution in [3.63, 3.8) is 0 Å². The average Bonchev–Trinajstić information content (AvgIpc) is 3.31. The van der Waals surface area contributed by atoms with Crippen molar-refractivity contribution in [2.45, 2.75) is 77.7 Å². The molecule has 0 aliphatic carbocycles. The van der Waals surface area contributed by atoms with Gasteiger partial charge < -0.3 is 20.4 Å². The number of unbranched alkanes of at least 4 members (excludes halogenated alkanes) is 5. The Morgan fingerprint density at radius 2 is 1.75 bits per heavy atom. The quantitative estimate of drug-likeness (QED) is 0.425. The van der Waals surface area contributed by atoms with E-state index in [0.717, 1.165) is 64.5 Å². The third-order valence-electron chi connectivity index (χ3n) is 6.91. The molecule has 3 rings (SSSR count). The van der Waals surface area contributed by atoms with Gasteiger partial charge in [-0.3, -0.25) is 10.4 Å². The number of hydrogen-bond donors (Lipinski definition) is 2. The SMILES string of the molecule is CCCCCCCN1C(N)=NCC1CCCCN1CCN(CCc2cccc(C)c2)C1=N. The fourth-order valence-corrected chi connectivity index (χ4v) is 4.91. The fraction of sp³-hybridized carbons (Fsp3) is 0.692. The van der Waals surface area contributed by atoms with E-state index in [1.165, 1.54) is 49.7 Å². The summed E-state index contributed by atoms with van der Waals surface area (Å²) in [6.07, 6.45) is 10.9. The van der Waals surface area contributed by atoms with Gasteiger partial charge in [0.05, 0.1) is 12.6 Å². The highest BCUT2D eigenvalue weighted by Gasteiger charge is 2.26. The molecule has 2 heterocycles. The summed E-state index contributed by atoms with van der Waals surface area (Å²) >= 11 is 0. The number of aliphatic imine (C=N–C) groups is 1. The summed E-state index contributed by atoms with van der Waals surface area (Å²) in [5.41, 5.74) is 8.84. The largest absolute Gasteiger partial charge is 0.370 e. The molecule has 1 saturated heterocycles. The van der Waals surface area contributed by atoms with Crippen LogP contribution >= 0.6 is 0 Å². The first-order chi connectivity index (χ1) is 15.6. The Morgan fingerprint density at radius 1 is 1.00 bits per heavy atom. The van der Waals surface area contributed by atoms with E-state index >= 15 is 0 Å². The minimum atomic E-state index is 0.477. The van der Waals surface area contributed by atoms with Crippen molar-refractivity contribution >= 4 is 11.9 Å². The Kier molecular flexibility index (Phi) is 9.69. The molecular weight excluding hydrogens is 396 g/mol. The maximum absolute atomic E-state index is 8.56. The molecule has 1 aromatic rings. The summed E-state index contributed by atoms with van der Waals surface area (Å²) < 4.78 is 0. The lowest BCUT2D eigenvalue weighted by atomic mass is 10.1. The molecule has 1 fully saturated rings. The fourth-order valence-electron chi connectivity index (χ4n) is 4.91. The first kappa shape index (κ1) is 24.4. The number of guanidine groups is 2. The Balaban J connectivity index is 1.31. The van der Waals surface area contributed by atoms with Crippen LogP contribution in [0.2, 0.25) is 0 Å². The van der Waals surface area contributed by atoms with Crippen molar-refractivity contribution in [2.24, 2.45) is 10.7 Å². The number of nitrogens with zero attached hydrogens (tertiary/aromatic N) is 4. The van der Waals surface area contributed by atoms with E-state index in [1.54, 1.807) is 0 Å². The summed E-state index contributed by atoms with van der Waals surface area (Å²) in [5.74, 6) is 1.45. The second-order valence-corrected chi connectivity index (χ2v) is 9.49. The van der Waals surface area contributed by atoms with Crippen molar-refractivity contribution < 1.29 is 0 Å². The molecule has 178 valence electrons. The third-order valence-corrected chi connectivity index (χ3v) is 6.91. The van der Waals surface area contributed by atoms with Crippen LogP contribution in [0, 0.1) is 12.3 Å². The zero-order valence-corrected chi connectivity index (χ0v) is 20.4. The molecule has 1 aromatic carbocycles. The molecule has 0 aromatic heterocycles.